The molecule has 1 amide bonds. The summed E-state index contributed by atoms with van der Waals surface area (Å²) in [6.45, 7) is 2.99. The second kappa shape index (κ2) is 7.01. The molecule has 0 radical (unpaired) electrons. The van der Waals surface area contributed by atoms with Gasteiger partial charge in [-0.3, -0.25) is 10.1 Å². The molecule has 1 N–H and O–H groups in total. The van der Waals surface area contributed by atoms with Crippen molar-refractivity contribution in [2.75, 3.05) is 13.6 Å². The van der Waals surface area contributed by atoms with Crippen LogP contribution in [0.1, 0.15) is 30.1 Å². The molecular weight excluding hydrogens is 232 g/mol. The SMILES string of the molecule is CCCCN(C)C(=S)NC(=O)c1ccccc1. The topological polar surface area (TPSA) is 32.3 Å². The van der Waals surface area contributed by atoms with Crippen LogP contribution in [0.4, 0.5) is 0 Å². The van der Waals surface area contributed by atoms with Gasteiger partial charge < -0.3 is 4.90 Å². The van der Waals surface area contributed by atoms with Crippen LogP contribution in [0.25, 0.3) is 0 Å². The van der Waals surface area contributed by atoms with E-state index in [4.69, 9.17) is 12.2 Å². The standard InChI is InChI=1S/C13H18N2OS/c1-3-4-10-15(2)13(17)14-12(16)11-8-6-5-7-9-11/h5-9H,3-4,10H2,1-2H3,(H,14,16,17). The fourth-order valence-electron chi connectivity index (χ4n) is 1.35. The molecule has 1 aromatic carbocycles. The first-order valence-electron chi connectivity index (χ1n) is 5.76. The Morgan fingerprint density at radius 1 is 1.35 bits per heavy atom. The monoisotopic (exact) mass is 250 g/mol. The average Bonchev–Trinajstić information content (AvgIpc) is 2.36. The Morgan fingerprint density at radius 3 is 2.59 bits per heavy atom. The zero-order valence-corrected chi connectivity index (χ0v) is 11.1. The number of rotatable bonds is 4. The van der Waals surface area contributed by atoms with Crippen molar-refractivity contribution in [3.63, 3.8) is 0 Å². The molecule has 1 rings (SSSR count). The first kappa shape index (κ1) is 13.6. The number of amides is 1. The zero-order valence-electron chi connectivity index (χ0n) is 10.3. The van der Waals surface area contributed by atoms with Crippen LogP contribution in [-0.4, -0.2) is 29.5 Å². The Kier molecular flexibility index (Phi) is 5.63. The first-order chi connectivity index (χ1) is 8.15. The van der Waals surface area contributed by atoms with Gasteiger partial charge in [-0.05, 0) is 30.8 Å². The number of nitrogens with zero attached hydrogens (tertiary/aromatic N) is 1. The van der Waals surface area contributed by atoms with Gasteiger partial charge in [0, 0.05) is 19.2 Å². The molecule has 0 aliphatic heterocycles. The smallest absolute Gasteiger partial charge is 0.257 e. The van der Waals surface area contributed by atoms with Crippen LogP contribution in [0, 0.1) is 0 Å². The Labute approximate surface area is 108 Å². The molecule has 1 aromatic rings. The van der Waals surface area contributed by atoms with Crippen LogP contribution >= 0.6 is 12.2 Å². The van der Waals surface area contributed by atoms with Crippen LogP contribution < -0.4 is 5.32 Å². The molecule has 0 aliphatic rings. The number of hydrogen-bond acceptors (Lipinski definition) is 2. The molecule has 0 atom stereocenters. The summed E-state index contributed by atoms with van der Waals surface area (Å²) in [4.78, 5) is 13.7. The van der Waals surface area contributed by atoms with E-state index in [0.717, 1.165) is 19.4 Å². The highest BCUT2D eigenvalue weighted by Gasteiger charge is 2.09. The molecule has 0 aromatic heterocycles. The van der Waals surface area contributed by atoms with Crippen LogP contribution in [0.2, 0.25) is 0 Å². The molecule has 17 heavy (non-hydrogen) atoms. The Hall–Kier alpha value is -1.42. The van der Waals surface area contributed by atoms with Crippen LogP contribution in [-0.2, 0) is 0 Å². The van der Waals surface area contributed by atoms with Gasteiger partial charge in [0.2, 0.25) is 0 Å². The number of carbonyl (C=O) groups is 1. The quantitative estimate of drug-likeness (QED) is 0.833. The summed E-state index contributed by atoms with van der Waals surface area (Å²) in [5, 5.41) is 3.20. The van der Waals surface area contributed by atoms with Crippen molar-refractivity contribution < 1.29 is 4.79 Å². The molecule has 0 saturated heterocycles. The van der Waals surface area contributed by atoms with E-state index in [9.17, 15) is 4.79 Å². The summed E-state index contributed by atoms with van der Waals surface area (Å²) in [6.07, 6.45) is 2.18. The van der Waals surface area contributed by atoms with Crippen LogP contribution in [0.3, 0.4) is 0 Å². The van der Waals surface area contributed by atoms with E-state index in [0.29, 0.717) is 10.7 Å². The highest BCUT2D eigenvalue weighted by molar-refractivity contribution is 7.80. The van der Waals surface area contributed by atoms with Crippen molar-refractivity contribution >= 4 is 23.2 Å². The van der Waals surface area contributed by atoms with Gasteiger partial charge in [0.1, 0.15) is 0 Å². The van der Waals surface area contributed by atoms with E-state index in [1.165, 1.54) is 0 Å². The van der Waals surface area contributed by atoms with E-state index in [1.807, 2.05) is 30.1 Å². The number of unbranched alkanes of at least 4 members (excludes halogenated alkanes) is 1. The predicted octanol–water partition coefficient (Wildman–Crippen LogP) is 2.43. The van der Waals surface area contributed by atoms with Crippen molar-refractivity contribution in [3.8, 4) is 0 Å². The highest BCUT2D eigenvalue weighted by Crippen LogP contribution is 1.99. The van der Waals surface area contributed by atoms with Gasteiger partial charge in [0.25, 0.3) is 5.91 Å². The van der Waals surface area contributed by atoms with Gasteiger partial charge in [-0.1, -0.05) is 31.5 Å². The summed E-state index contributed by atoms with van der Waals surface area (Å²) in [7, 11) is 1.89. The first-order valence-corrected chi connectivity index (χ1v) is 6.17. The third-order valence-electron chi connectivity index (χ3n) is 2.45. The highest BCUT2D eigenvalue weighted by atomic mass is 32.1. The van der Waals surface area contributed by atoms with E-state index in [2.05, 4.69) is 12.2 Å². The Morgan fingerprint density at radius 2 is 2.00 bits per heavy atom. The van der Waals surface area contributed by atoms with Gasteiger partial charge in [-0.2, -0.15) is 0 Å². The van der Waals surface area contributed by atoms with E-state index in [1.54, 1.807) is 12.1 Å². The van der Waals surface area contributed by atoms with Gasteiger partial charge >= 0.3 is 0 Å². The lowest BCUT2D eigenvalue weighted by atomic mass is 10.2. The van der Waals surface area contributed by atoms with Crippen molar-refractivity contribution in [2.45, 2.75) is 19.8 Å². The lowest BCUT2D eigenvalue weighted by Crippen LogP contribution is -2.40. The van der Waals surface area contributed by atoms with E-state index < -0.39 is 0 Å². The average molecular weight is 250 g/mol. The molecular formula is C13H18N2OS. The fourth-order valence-corrected chi connectivity index (χ4v) is 1.54. The predicted molar refractivity (Wildman–Crippen MR) is 74.0 cm³/mol. The summed E-state index contributed by atoms with van der Waals surface area (Å²) in [5.74, 6) is -0.154. The number of hydrogen-bond donors (Lipinski definition) is 1. The molecule has 0 unspecified atom stereocenters. The second-order valence-electron chi connectivity index (χ2n) is 3.90. The minimum absolute atomic E-state index is 0.154. The third kappa shape index (κ3) is 4.53. The van der Waals surface area contributed by atoms with Crippen molar-refractivity contribution in [3.05, 3.63) is 35.9 Å². The van der Waals surface area contributed by atoms with Gasteiger partial charge in [-0.25, -0.2) is 0 Å². The molecule has 3 nitrogen and oxygen atoms in total. The summed E-state index contributed by atoms with van der Waals surface area (Å²) in [6, 6.07) is 9.08. The summed E-state index contributed by atoms with van der Waals surface area (Å²) < 4.78 is 0. The minimum Gasteiger partial charge on any atom is -0.352 e. The number of thiocarbonyl (C=S) groups is 1. The molecule has 0 heterocycles. The maximum Gasteiger partial charge on any atom is 0.257 e. The molecule has 0 spiro atoms. The Balaban J connectivity index is 2.49. The van der Waals surface area contributed by atoms with Crippen molar-refractivity contribution in [1.29, 1.82) is 0 Å². The molecule has 4 heteroatoms. The molecule has 92 valence electrons. The molecule has 0 fully saturated rings. The normalized spacial score (nSPS) is 9.76. The third-order valence-corrected chi connectivity index (χ3v) is 2.86. The molecule has 0 aliphatic carbocycles. The number of benzene rings is 1. The fraction of sp³-hybridized carbons (Fsp3) is 0.385. The Bertz CT molecular complexity index is 378. The van der Waals surface area contributed by atoms with Gasteiger partial charge in [0.05, 0.1) is 0 Å². The number of nitrogens with one attached hydrogen (secondary N) is 1. The van der Waals surface area contributed by atoms with Crippen molar-refractivity contribution in [1.82, 2.24) is 10.2 Å². The van der Waals surface area contributed by atoms with Crippen LogP contribution in [0.5, 0.6) is 0 Å². The maximum absolute atomic E-state index is 11.8. The molecule has 0 saturated carbocycles. The maximum atomic E-state index is 11.8. The molecule has 0 bridgehead atoms. The zero-order chi connectivity index (χ0) is 12.7. The lowest BCUT2D eigenvalue weighted by molar-refractivity contribution is 0.0974. The van der Waals surface area contributed by atoms with Gasteiger partial charge in [0.15, 0.2) is 5.11 Å². The lowest BCUT2D eigenvalue weighted by Gasteiger charge is -2.19. The second-order valence-corrected chi connectivity index (χ2v) is 4.29. The van der Waals surface area contributed by atoms with Crippen molar-refractivity contribution in [2.24, 2.45) is 0 Å². The summed E-state index contributed by atoms with van der Waals surface area (Å²) in [5.41, 5.74) is 0.624. The minimum atomic E-state index is -0.154. The summed E-state index contributed by atoms with van der Waals surface area (Å²) >= 11 is 5.16. The largest absolute Gasteiger partial charge is 0.352 e. The van der Waals surface area contributed by atoms with Gasteiger partial charge in [-0.15, -0.1) is 0 Å². The van der Waals surface area contributed by atoms with Crippen LogP contribution in [0.15, 0.2) is 30.3 Å². The van der Waals surface area contributed by atoms with E-state index in [-0.39, 0.29) is 5.91 Å². The van der Waals surface area contributed by atoms with E-state index >= 15 is 0 Å². The number of carbonyl (C=O) groups excluding carboxylic acids is 1.